The number of amides is 2. The summed E-state index contributed by atoms with van der Waals surface area (Å²) in [5.74, 6) is 1.17. The Morgan fingerprint density at radius 2 is 1.93 bits per heavy atom. The third-order valence-corrected chi connectivity index (χ3v) is 4.97. The minimum absolute atomic E-state index is 0.0320. The van der Waals surface area contributed by atoms with Gasteiger partial charge in [-0.25, -0.2) is 0 Å². The zero-order chi connectivity index (χ0) is 20.3. The van der Waals surface area contributed by atoms with Crippen LogP contribution in [-0.2, 0) is 9.59 Å². The molecule has 28 heavy (non-hydrogen) atoms. The van der Waals surface area contributed by atoms with E-state index < -0.39 is 0 Å². The molecule has 0 bridgehead atoms. The molecular weight excluding hydrogens is 356 g/mol. The lowest BCUT2D eigenvalue weighted by Crippen LogP contribution is -2.48. The van der Waals surface area contributed by atoms with Crippen LogP contribution in [0.25, 0.3) is 5.65 Å². The van der Waals surface area contributed by atoms with E-state index in [0.717, 1.165) is 37.4 Å². The summed E-state index contributed by atoms with van der Waals surface area (Å²) in [5.41, 5.74) is 0.569. The second-order valence-electron chi connectivity index (χ2n) is 8.59. The number of nitrogens with one attached hydrogen (secondary N) is 1. The van der Waals surface area contributed by atoms with Crippen molar-refractivity contribution < 1.29 is 9.59 Å². The number of fused-ring (bicyclic) bond motifs is 1. The lowest BCUT2D eigenvalue weighted by Gasteiger charge is -2.32. The molecule has 0 aromatic carbocycles. The van der Waals surface area contributed by atoms with Crippen LogP contribution in [-0.4, -0.2) is 75.0 Å². The minimum atomic E-state index is -0.297. The Hall–Kier alpha value is -2.48. The first-order valence-electron chi connectivity index (χ1n) is 9.80. The molecule has 1 aliphatic rings. The topological polar surface area (TPSA) is 82.8 Å². The highest BCUT2D eigenvalue weighted by Crippen LogP contribution is 2.26. The first-order valence-corrected chi connectivity index (χ1v) is 9.80. The zero-order valence-electron chi connectivity index (χ0n) is 17.2. The lowest BCUT2D eigenvalue weighted by atomic mass is 9.96. The van der Waals surface area contributed by atoms with Crippen molar-refractivity contribution in [2.24, 2.45) is 0 Å². The quantitative estimate of drug-likeness (QED) is 0.837. The van der Waals surface area contributed by atoms with Gasteiger partial charge < -0.3 is 10.2 Å². The van der Waals surface area contributed by atoms with E-state index in [1.165, 1.54) is 4.90 Å². The number of hydrogen-bond acceptors (Lipinski definition) is 5. The number of hydrogen-bond donors (Lipinski definition) is 1. The van der Waals surface area contributed by atoms with Gasteiger partial charge in [-0.1, -0.05) is 6.07 Å². The summed E-state index contributed by atoms with van der Waals surface area (Å²) in [4.78, 5) is 28.1. The van der Waals surface area contributed by atoms with E-state index in [2.05, 4.69) is 20.4 Å². The van der Waals surface area contributed by atoms with E-state index in [1.807, 2.05) is 49.6 Å². The third kappa shape index (κ3) is 5.07. The van der Waals surface area contributed by atoms with E-state index in [-0.39, 0.29) is 23.9 Å². The van der Waals surface area contributed by atoms with Gasteiger partial charge in [0.1, 0.15) is 5.82 Å². The summed E-state index contributed by atoms with van der Waals surface area (Å²) in [6.45, 7) is 7.87. The number of piperidine rings is 1. The number of carbonyl (C=O) groups excluding carboxylic acids is 2. The summed E-state index contributed by atoms with van der Waals surface area (Å²) in [7, 11) is 1.68. The molecule has 2 aromatic heterocycles. The molecule has 2 aromatic rings. The van der Waals surface area contributed by atoms with E-state index in [0.29, 0.717) is 12.5 Å². The maximum Gasteiger partial charge on any atom is 0.240 e. The van der Waals surface area contributed by atoms with Gasteiger partial charge in [0.25, 0.3) is 0 Å². The van der Waals surface area contributed by atoms with Gasteiger partial charge in [-0.3, -0.25) is 18.9 Å². The van der Waals surface area contributed by atoms with Gasteiger partial charge >= 0.3 is 0 Å². The van der Waals surface area contributed by atoms with Crippen molar-refractivity contribution in [3.05, 3.63) is 30.2 Å². The Kier molecular flexibility index (Phi) is 5.98. The predicted octanol–water partition coefficient (Wildman–Crippen LogP) is 1.28. The second kappa shape index (κ2) is 8.26. The van der Waals surface area contributed by atoms with Crippen LogP contribution >= 0.6 is 0 Å². The number of pyridine rings is 1. The summed E-state index contributed by atoms with van der Waals surface area (Å²) >= 11 is 0. The monoisotopic (exact) mass is 386 g/mol. The standard InChI is InChI=1S/C20H30N6O2/c1-20(2,3)21-17(27)13-24(4)18(28)14-25-11-8-15(9-12-25)19-23-22-16-7-5-6-10-26(16)19/h5-7,10,15H,8-9,11-14H2,1-4H3,(H,21,27). The highest BCUT2D eigenvalue weighted by molar-refractivity contribution is 5.85. The fourth-order valence-electron chi connectivity index (χ4n) is 3.56. The number of carbonyl (C=O) groups is 2. The highest BCUT2D eigenvalue weighted by Gasteiger charge is 2.26. The van der Waals surface area contributed by atoms with Gasteiger partial charge in [0.2, 0.25) is 11.8 Å². The van der Waals surface area contributed by atoms with Crippen LogP contribution in [0, 0.1) is 0 Å². The van der Waals surface area contributed by atoms with Crippen molar-refractivity contribution in [3.63, 3.8) is 0 Å². The van der Waals surface area contributed by atoms with Crippen molar-refractivity contribution in [1.82, 2.24) is 29.7 Å². The van der Waals surface area contributed by atoms with Crippen molar-refractivity contribution in [2.75, 3.05) is 33.2 Å². The van der Waals surface area contributed by atoms with Crippen molar-refractivity contribution in [2.45, 2.75) is 45.1 Å². The number of likely N-dealkylation sites (N-methyl/N-ethyl adjacent to an activating group) is 1. The molecule has 2 amide bonds. The summed E-state index contributed by atoms with van der Waals surface area (Å²) in [6.07, 6.45) is 3.88. The minimum Gasteiger partial charge on any atom is -0.350 e. The number of nitrogens with zero attached hydrogens (tertiary/aromatic N) is 5. The molecule has 0 aliphatic carbocycles. The Labute approximate surface area is 165 Å². The van der Waals surface area contributed by atoms with Gasteiger partial charge in [-0.2, -0.15) is 0 Å². The molecule has 152 valence electrons. The van der Waals surface area contributed by atoms with Gasteiger partial charge in [-0.15, -0.1) is 10.2 Å². The Balaban J connectivity index is 1.48. The van der Waals surface area contributed by atoms with Gasteiger partial charge in [0.05, 0.1) is 13.1 Å². The summed E-state index contributed by atoms with van der Waals surface area (Å²) in [5, 5.41) is 11.5. The van der Waals surface area contributed by atoms with Crippen LogP contribution in [0.1, 0.15) is 45.4 Å². The first-order chi connectivity index (χ1) is 13.2. The maximum atomic E-state index is 12.5. The van der Waals surface area contributed by atoms with E-state index >= 15 is 0 Å². The molecule has 0 spiro atoms. The molecule has 1 saturated heterocycles. The maximum absolute atomic E-state index is 12.5. The third-order valence-electron chi connectivity index (χ3n) is 4.97. The van der Waals surface area contributed by atoms with Crippen LogP contribution in [0.2, 0.25) is 0 Å². The molecule has 1 aliphatic heterocycles. The van der Waals surface area contributed by atoms with E-state index in [4.69, 9.17) is 0 Å². The molecule has 3 heterocycles. The Morgan fingerprint density at radius 1 is 1.21 bits per heavy atom. The molecule has 1 N–H and O–H groups in total. The largest absolute Gasteiger partial charge is 0.350 e. The summed E-state index contributed by atoms with van der Waals surface area (Å²) < 4.78 is 2.05. The smallest absolute Gasteiger partial charge is 0.240 e. The molecule has 1 fully saturated rings. The molecule has 8 heteroatoms. The van der Waals surface area contributed by atoms with Crippen LogP contribution in [0.4, 0.5) is 0 Å². The van der Waals surface area contributed by atoms with Crippen LogP contribution in [0.5, 0.6) is 0 Å². The zero-order valence-corrected chi connectivity index (χ0v) is 17.2. The number of rotatable bonds is 5. The SMILES string of the molecule is CN(CC(=O)NC(C)(C)C)C(=O)CN1CCC(c2nnc3ccccn23)CC1. The van der Waals surface area contributed by atoms with Crippen LogP contribution in [0.3, 0.4) is 0 Å². The Bertz CT molecular complexity index is 833. The molecule has 3 rings (SSSR count). The van der Waals surface area contributed by atoms with E-state index in [9.17, 15) is 9.59 Å². The molecule has 8 nitrogen and oxygen atoms in total. The average Bonchev–Trinajstić information content (AvgIpc) is 3.04. The van der Waals surface area contributed by atoms with Crippen molar-refractivity contribution in [1.29, 1.82) is 0 Å². The Morgan fingerprint density at radius 3 is 2.61 bits per heavy atom. The predicted molar refractivity (Wildman–Crippen MR) is 107 cm³/mol. The molecule has 0 atom stereocenters. The second-order valence-corrected chi connectivity index (χ2v) is 8.59. The number of aromatic nitrogens is 3. The van der Waals surface area contributed by atoms with Crippen molar-refractivity contribution >= 4 is 17.5 Å². The van der Waals surface area contributed by atoms with Gasteiger partial charge in [0, 0.05) is 24.7 Å². The summed E-state index contributed by atoms with van der Waals surface area (Å²) in [6, 6.07) is 5.90. The number of likely N-dealkylation sites (tertiary alicyclic amines) is 1. The van der Waals surface area contributed by atoms with Crippen molar-refractivity contribution in [3.8, 4) is 0 Å². The van der Waals surface area contributed by atoms with Gasteiger partial charge in [-0.05, 0) is 58.8 Å². The highest BCUT2D eigenvalue weighted by atomic mass is 16.2. The molecule has 0 unspecified atom stereocenters. The van der Waals surface area contributed by atoms with Crippen LogP contribution in [0.15, 0.2) is 24.4 Å². The fraction of sp³-hybridized carbons (Fsp3) is 0.600. The normalized spacial score (nSPS) is 16.3. The average molecular weight is 387 g/mol. The molecule has 0 radical (unpaired) electrons. The molecule has 0 saturated carbocycles. The van der Waals surface area contributed by atoms with Crippen LogP contribution < -0.4 is 5.32 Å². The first kappa shape index (κ1) is 20.3. The fourth-order valence-corrected chi connectivity index (χ4v) is 3.56. The molecular formula is C20H30N6O2. The lowest BCUT2D eigenvalue weighted by molar-refractivity contribution is -0.136. The van der Waals surface area contributed by atoms with Gasteiger partial charge in [0.15, 0.2) is 5.65 Å². The van der Waals surface area contributed by atoms with E-state index in [1.54, 1.807) is 7.05 Å².